The number of carboxylic acid groups (broad SMARTS) is 1. The van der Waals surface area contributed by atoms with Crippen LogP contribution in [-0.2, 0) is 4.79 Å². The fourth-order valence-corrected chi connectivity index (χ4v) is 0.854. The second kappa shape index (κ2) is 310. The predicted octanol–water partition coefficient (Wildman–Crippen LogP) is 20.2. The second-order valence-electron chi connectivity index (χ2n) is 7.64. The highest BCUT2D eigenvalue weighted by Gasteiger charge is 1.80. The molecule has 0 rings (SSSR count). The van der Waals surface area contributed by atoms with Gasteiger partial charge in [0.25, 0.3) is 0 Å². The lowest BCUT2D eigenvalue weighted by atomic mass is 10.2. The van der Waals surface area contributed by atoms with E-state index in [2.05, 4.69) is 96.9 Å². The van der Waals surface area contributed by atoms with Crippen LogP contribution in [0, 0.1) is 0 Å². The van der Waals surface area contributed by atoms with Gasteiger partial charge in [-0.2, -0.15) is 0 Å². The Labute approximate surface area is 311 Å². The fourth-order valence-electron chi connectivity index (χ4n) is 0.854. The van der Waals surface area contributed by atoms with E-state index in [0.29, 0.717) is 0 Å². The quantitative estimate of drug-likeness (QED) is 0.270. The van der Waals surface area contributed by atoms with Crippen LogP contribution in [0.4, 0.5) is 0 Å². The van der Waals surface area contributed by atoms with Crippen molar-refractivity contribution in [3.63, 3.8) is 0 Å². The molecule has 3 nitrogen and oxygen atoms in total. The van der Waals surface area contributed by atoms with E-state index in [1.54, 1.807) is 6.92 Å². The normalized spacial score (nSPS) is 5.11. The molecule has 0 fully saturated rings. The molecule has 0 atom stereocenters. The molecule has 0 radical (unpaired) electrons. The van der Waals surface area contributed by atoms with Gasteiger partial charge in [-0.15, -0.1) is 0 Å². The van der Waals surface area contributed by atoms with Gasteiger partial charge < -0.3 is 10.6 Å². The Kier molecular flexibility index (Phi) is 1100. The molecule has 0 saturated carbocycles. The topological polar surface area (TPSA) is 68.8 Å². The van der Waals surface area contributed by atoms with E-state index in [4.69, 9.17) is 5.11 Å². The minimum atomic E-state index is -0.745. The van der Waals surface area contributed by atoms with Crippen molar-refractivity contribution in [1.29, 1.82) is 0 Å². The number of carboxylic acids is 1. The van der Waals surface area contributed by atoms with E-state index in [9.17, 15) is 4.79 Å². The molecule has 0 aromatic carbocycles. The lowest BCUT2D eigenvalue weighted by molar-refractivity contribution is -0.136. The minimum Gasteiger partial charge on any atom is -0.481 e. The molecule has 0 saturated heterocycles. The first-order valence-electron chi connectivity index (χ1n) is 14.4. The zero-order chi connectivity index (χ0) is 27.5. The van der Waals surface area contributed by atoms with Crippen LogP contribution < -0.4 is 0 Å². The molecule has 0 spiro atoms. The highest BCUT2D eigenvalue weighted by atomic mass is 16.4. The number of hydrogen-bond donors (Lipinski definition) is 1. The Morgan fingerprint density at radius 2 is 0.435 bits per heavy atom. The molecule has 0 unspecified atom stereocenters. The van der Waals surface area contributed by atoms with Gasteiger partial charge in [-0.3, -0.25) is 4.79 Å². The Balaban J connectivity index is -0.00000000693. The van der Waals surface area contributed by atoms with Gasteiger partial charge in [-0.1, -0.05) is 284 Å². The first-order valence-corrected chi connectivity index (χ1v) is 14.4. The smallest absolute Gasteiger partial charge is 0.303 e. The van der Waals surface area contributed by atoms with Crippen molar-refractivity contribution in [2.45, 2.75) is 290 Å². The van der Waals surface area contributed by atoms with Gasteiger partial charge in [0, 0.05) is 6.42 Å². The maximum absolute atomic E-state index is 9.37. The van der Waals surface area contributed by atoms with E-state index in [1.165, 1.54) is 83.5 Å². The highest BCUT2D eigenvalue weighted by molar-refractivity contribution is 5.66. The molecular formula is C43H128O3. The maximum atomic E-state index is 9.37. The molecule has 0 aliphatic carbocycles. The van der Waals surface area contributed by atoms with Gasteiger partial charge in [0.15, 0.2) is 0 Å². The van der Waals surface area contributed by atoms with Crippen molar-refractivity contribution in [2.75, 3.05) is 0 Å². The summed E-state index contributed by atoms with van der Waals surface area (Å²) in [5.74, 6) is -0.745. The monoisotopic (exact) mass is 693 g/mol. The van der Waals surface area contributed by atoms with Crippen molar-refractivity contribution in [3.05, 3.63) is 0 Å². The summed E-state index contributed by atoms with van der Waals surface area (Å²) in [7, 11) is 0. The van der Waals surface area contributed by atoms with Crippen molar-refractivity contribution < 1.29 is 15.4 Å². The third-order valence-electron chi connectivity index (χ3n) is 2.47. The average molecular weight is 693 g/mol. The molecular weight excluding hydrogens is 564 g/mol. The van der Waals surface area contributed by atoms with E-state index >= 15 is 0 Å². The summed E-state index contributed by atoms with van der Waals surface area (Å²) in [6.45, 7) is 31.8. The molecule has 0 aliphatic rings. The van der Waals surface area contributed by atoms with Crippen molar-refractivity contribution in [3.8, 4) is 0 Å². The molecule has 0 heterocycles. The first-order chi connectivity index (χ1) is 15.2. The first kappa shape index (κ1) is 163. The van der Waals surface area contributed by atoms with Crippen LogP contribution in [0.3, 0.4) is 0 Å². The van der Waals surface area contributed by atoms with Crippen LogP contribution in [0.25, 0.3) is 0 Å². The van der Waals surface area contributed by atoms with Crippen molar-refractivity contribution in [1.82, 2.24) is 0 Å². The zero-order valence-electron chi connectivity index (χ0n) is 26.8. The van der Waals surface area contributed by atoms with E-state index in [0.717, 1.165) is 0 Å². The number of aliphatic carboxylic acids is 1. The number of carbonyl (C=O) groups is 1. The molecule has 0 bridgehead atoms. The van der Waals surface area contributed by atoms with Crippen LogP contribution in [-0.4, -0.2) is 16.6 Å². The number of hydrogen-bond acceptors (Lipinski definition) is 1. The van der Waals surface area contributed by atoms with Gasteiger partial charge in [0.2, 0.25) is 0 Å². The zero-order valence-corrected chi connectivity index (χ0v) is 26.8. The Morgan fingerprint density at radius 3 is 0.457 bits per heavy atom. The number of unbranched alkanes of at least 4 members (excludes halogenated alkanes) is 6. The summed E-state index contributed by atoms with van der Waals surface area (Å²) in [4.78, 5) is 9.37. The third kappa shape index (κ3) is 1420. The summed E-state index contributed by atoms with van der Waals surface area (Å²) < 4.78 is 0. The van der Waals surface area contributed by atoms with Gasteiger partial charge in [0.05, 0.1) is 0 Å². The second-order valence-corrected chi connectivity index (χ2v) is 7.64. The average Bonchev–Trinajstić information content (AvgIpc) is 2.76. The van der Waals surface area contributed by atoms with Crippen molar-refractivity contribution in [2.24, 2.45) is 0 Å². The predicted molar refractivity (Wildman–Crippen MR) is 249 cm³/mol. The molecule has 0 amide bonds. The van der Waals surface area contributed by atoms with Gasteiger partial charge in [-0.25, -0.2) is 0 Å². The molecule has 318 valence electrons. The molecule has 0 aromatic heterocycles. The summed E-state index contributed by atoms with van der Waals surface area (Å²) in [5, 5.41) is 7.72. The van der Waals surface area contributed by atoms with E-state index in [1.807, 2.05) is 0 Å². The van der Waals surface area contributed by atoms with Crippen molar-refractivity contribution >= 4 is 5.97 Å². The van der Waals surface area contributed by atoms with E-state index in [-0.39, 0.29) is 108 Å². The highest BCUT2D eigenvalue weighted by Crippen LogP contribution is 1.95. The van der Waals surface area contributed by atoms with Crippen LogP contribution in [0.5, 0.6) is 0 Å². The molecule has 0 aromatic rings. The fraction of sp³-hybridized carbons (Fsp3) is 0.977. The molecule has 3 N–H and O–H groups in total. The summed E-state index contributed by atoms with van der Waals surface area (Å²) in [6.07, 6.45) is 17.5. The molecule has 46 heavy (non-hydrogen) atoms. The van der Waals surface area contributed by atoms with Gasteiger partial charge in [0.1, 0.15) is 0 Å². The third-order valence-corrected chi connectivity index (χ3v) is 2.47. The van der Waals surface area contributed by atoms with Crippen LogP contribution >= 0.6 is 0 Å². The summed E-state index contributed by atoms with van der Waals surface area (Å²) in [6, 6.07) is 0. The standard InChI is InChI=1S/C6H14.C5H12.C4H10.C3H6O2.4C3H8.13CH4.H2O/c1-3-5-6-4-2;1-3-5-4-2;1-3-4-2;1-2-3(4)5;4*1-3-2;;;;;;;;;;;;;;/h3-6H2,1-2H3;3-5H2,1-2H3;3-4H2,1-2H3;2H2,1H3,(H,4,5);4*3H2,1-2H3;13*1H4;1H2. The Morgan fingerprint density at radius 1 is 0.326 bits per heavy atom. The lowest BCUT2D eigenvalue weighted by Crippen LogP contribution is -1.86. The lowest BCUT2D eigenvalue weighted by Gasteiger charge is -1.86. The maximum Gasteiger partial charge on any atom is 0.303 e. The molecule has 3 heteroatoms. The van der Waals surface area contributed by atoms with Crippen LogP contribution in [0.1, 0.15) is 290 Å². The Hall–Kier alpha value is -0.570. The van der Waals surface area contributed by atoms with Crippen LogP contribution in [0.2, 0.25) is 0 Å². The Bertz CT molecular complexity index is 169. The minimum absolute atomic E-state index is 0. The van der Waals surface area contributed by atoms with Gasteiger partial charge in [-0.05, 0) is 0 Å². The largest absolute Gasteiger partial charge is 0.481 e. The SMILES string of the molecule is C.C.C.C.C.C.C.C.C.C.C.C.C.CCC.CCC.CCC.CCC.CCC(=O)O.CCCC.CCCCC.CCCCCC.O. The summed E-state index contributed by atoms with van der Waals surface area (Å²) >= 11 is 0. The number of rotatable bonds is 7. The van der Waals surface area contributed by atoms with E-state index < -0.39 is 5.97 Å². The summed E-state index contributed by atoms with van der Waals surface area (Å²) in [5.41, 5.74) is 0. The molecule has 0 aliphatic heterocycles. The van der Waals surface area contributed by atoms with Crippen LogP contribution in [0.15, 0.2) is 0 Å². The van der Waals surface area contributed by atoms with Gasteiger partial charge >= 0.3 is 5.97 Å².